The molecule has 1 N–H and O–H groups in total. The Morgan fingerprint density at radius 2 is 1.59 bits per heavy atom. The zero-order chi connectivity index (χ0) is 23.2. The predicted octanol–water partition coefficient (Wildman–Crippen LogP) is 4.13. The quantitative estimate of drug-likeness (QED) is 0.496. The number of anilines is 4. The Morgan fingerprint density at radius 1 is 0.853 bits per heavy atom. The minimum Gasteiger partial charge on any atom is -0.508 e. The van der Waals surface area contributed by atoms with Gasteiger partial charge in [-0.15, -0.1) is 0 Å². The van der Waals surface area contributed by atoms with Gasteiger partial charge in [-0.3, -0.25) is 0 Å². The van der Waals surface area contributed by atoms with E-state index in [0.717, 1.165) is 67.8 Å². The third-order valence-electron chi connectivity index (χ3n) is 6.87. The van der Waals surface area contributed by atoms with Crippen molar-refractivity contribution in [3.05, 3.63) is 60.4 Å². The second kappa shape index (κ2) is 8.20. The van der Waals surface area contributed by atoms with E-state index in [1.165, 1.54) is 11.3 Å². The lowest BCUT2D eigenvalue weighted by atomic mass is 10.2. The second-order valence-electron chi connectivity index (χ2n) is 9.29. The predicted molar refractivity (Wildman–Crippen MR) is 135 cm³/mol. The molecule has 1 fully saturated rings. The summed E-state index contributed by atoms with van der Waals surface area (Å²) >= 11 is 0. The van der Waals surface area contributed by atoms with Crippen LogP contribution in [0.15, 0.2) is 54.9 Å². The first-order valence-corrected chi connectivity index (χ1v) is 12.0. The van der Waals surface area contributed by atoms with Gasteiger partial charge in [0, 0.05) is 50.1 Å². The van der Waals surface area contributed by atoms with E-state index in [4.69, 9.17) is 15.0 Å². The molecule has 0 unspecified atom stereocenters. The van der Waals surface area contributed by atoms with Crippen molar-refractivity contribution in [2.24, 2.45) is 0 Å². The largest absolute Gasteiger partial charge is 0.508 e. The van der Waals surface area contributed by atoms with E-state index in [-0.39, 0.29) is 6.04 Å². The lowest BCUT2D eigenvalue weighted by molar-refractivity contribution is 0.475. The number of aromatic hydroxyl groups is 1. The van der Waals surface area contributed by atoms with Crippen LogP contribution in [0.4, 0.5) is 23.1 Å². The average molecular weight is 456 g/mol. The lowest BCUT2D eigenvalue weighted by Crippen LogP contribution is -2.47. The molecule has 8 nitrogen and oxygen atoms in total. The number of hydrogen-bond acceptors (Lipinski definition) is 7. The number of hydrogen-bond donors (Lipinski definition) is 1. The van der Waals surface area contributed by atoms with E-state index < -0.39 is 0 Å². The van der Waals surface area contributed by atoms with Gasteiger partial charge < -0.3 is 24.4 Å². The highest BCUT2D eigenvalue weighted by Gasteiger charge is 2.28. The summed E-state index contributed by atoms with van der Waals surface area (Å²) < 4.78 is 2.14. The minimum absolute atomic E-state index is 0.262. The first-order valence-electron chi connectivity index (χ1n) is 12.0. The molecular formula is C26H29N7O. The van der Waals surface area contributed by atoms with Crippen LogP contribution in [-0.2, 0) is 6.42 Å². The Balaban J connectivity index is 1.35. The summed E-state index contributed by atoms with van der Waals surface area (Å²) in [6.07, 6.45) is 2.90. The van der Waals surface area contributed by atoms with Gasteiger partial charge >= 0.3 is 0 Å². The first kappa shape index (κ1) is 20.8. The number of rotatable bonds is 4. The van der Waals surface area contributed by atoms with Crippen LogP contribution in [0.5, 0.6) is 5.75 Å². The van der Waals surface area contributed by atoms with Gasteiger partial charge in [0.05, 0.1) is 6.33 Å². The molecule has 174 valence electrons. The number of aromatic nitrogens is 4. The van der Waals surface area contributed by atoms with Crippen molar-refractivity contribution < 1.29 is 5.11 Å². The molecule has 0 amide bonds. The van der Waals surface area contributed by atoms with Crippen LogP contribution in [0, 0.1) is 0 Å². The van der Waals surface area contributed by atoms with E-state index in [1.807, 2.05) is 18.5 Å². The number of piperazine rings is 1. The molecule has 0 saturated carbocycles. The molecular weight excluding hydrogens is 426 g/mol. The molecule has 34 heavy (non-hydrogen) atoms. The van der Waals surface area contributed by atoms with Gasteiger partial charge in [-0.25, -0.2) is 4.98 Å². The topological polar surface area (TPSA) is 73.6 Å². The zero-order valence-corrected chi connectivity index (χ0v) is 19.6. The Morgan fingerprint density at radius 3 is 2.35 bits per heavy atom. The van der Waals surface area contributed by atoms with Crippen LogP contribution >= 0.6 is 0 Å². The van der Waals surface area contributed by atoms with Crippen molar-refractivity contribution in [3.63, 3.8) is 0 Å². The third kappa shape index (κ3) is 3.50. The van der Waals surface area contributed by atoms with Gasteiger partial charge in [0.15, 0.2) is 17.0 Å². The van der Waals surface area contributed by atoms with E-state index in [0.29, 0.717) is 5.75 Å². The highest BCUT2D eigenvalue weighted by molar-refractivity contribution is 5.89. The molecule has 0 bridgehead atoms. The first-order chi connectivity index (χ1) is 16.6. The summed E-state index contributed by atoms with van der Waals surface area (Å²) in [5.41, 5.74) is 5.43. The van der Waals surface area contributed by atoms with Crippen LogP contribution in [-0.4, -0.2) is 57.3 Å². The molecule has 4 heterocycles. The number of para-hydroxylation sites is 1. The summed E-state index contributed by atoms with van der Waals surface area (Å²) in [5.74, 6) is 1.95. The Hall–Kier alpha value is -3.81. The van der Waals surface area contributed by atoms with Crippen molar-refractivity contribution in [1.82, 2.24) is 19.5 Å². The summed E-state index contributed by atoms with van der Waals surface area (Å²) in [6, 6.07) is 16.2. The van der Waals surface area contributed by atoms with Gasteiger partial charge in [-0.2, -0.15) is 9.97 Å². The Bertz CT molecular complexity index is 1320. The lowest BCUT2D eigenvalue weighted by Gasteiger charge is -2.36. The third-order valence-corrected chi connectivity index (χ3v) is 6.87. The van der Waals surface area contributed by atoms with E-state index >= 15 is 0 Å². The maximum Gasteiger partial charge on any atom is 0.229 e. The number of phenolic OH excluding ortho intramolecular Hbond substituents is 1. The van der Waals surface area contributed by atoms with Crippen LogP contribution in [0.25, 0.3) is 11.2 Å². The highest BCUT2D eigenvalue weighted by atomic mass is 16.3. The van der Waals surface area contributed by atoms with E-state index in [2.05, 4.69) is 57.4 Å². The molecule has 4 aromatic rings. The SMILES string of the molecule is CC(C)n1cnc2c(N3CCc4ccccc43)nc(N3CCN(c4ccc(O)cc4)CC3)nc21. The molecule has 0 aliphatic carbocycles. The molecule has 2 aromatic carbocycles. The molecule has 0 radical (unpaired) electrons. The number of fused-ring (bicyclic) bond motifs is 2. The zero-order valence-electron chi connectivity index (χ0n) is 19.6. The second-order valence-corrected chi connectivity index (χ2v) is 9.29. The molecule has 0 spiro atoms. The summed E-state index contributed by atoms with van der Waals surface area (Å²) in [6.45, 7) is 8.62. The highest BCUT2D eigenvalue weighted by Crippen LogP contribution is 2.37. The molecule has 6 rings (SSSR count). The van der Waals surface area contributed by atoms with Gasteiger partial charge in [0.1, 0.15) is 5.75 Å². The van der Waals surface area contributed by atoms with Crippen molar-refractivity contribution in [3.8, 4) is 5.75 Å². The molecule has 8 heteroatoms. The molecule has 2 aliphatic rings. The minimum atomic E-state index is 0.262. The fourth-order valence-electron chi connectivity index (χ4n) is 4.98. The average Bonchev–Trinajstić information content (AvgIpc) is 3.49. The fourth-order valence-corrected chi connectivity index (χ4v) is 4.98. The van der Waals surface area contributed by atoms with E-state index in [9.17, 15) is 5.11 Å². The summed E-state index contributed by atoms with van der Waals surface area (Å²) in [7, 11) is 0. The van der Waals surface area contributed by atoms with Crippen LogP contribution in [0.1, 0.15) is 25.5 Å². The number of imidazole rings is 1. The molecule has 2 aromatic heterocycles. The monoisotopic (exact) mass is 455 g/mol. The van der Waals surface area contributed by atoms with Crippen molar-refractivity contribution in [1.29, 1.82) is 0 Å². The Labute approximate surface area is 199 Å². The van der Waals surface area contributed by atoms with Gasteiger partial charge in [-0.05, 0) is 56.2 Å². The van der Waals surface area contributed by atoms with Crippen molar-refractivity contribution >= 4 is 34.3 Å². The van der Waals surface area contributed by atoms with Gasteiger partial charge in [0.2, 0.25) is 5.95 Å². The maximum atomic E-state index is 9.60. The standard InChI is InChI=1S/C26H29N7O/c1-18(2)33-17-27-23-24(32-12-11-19-5-3-4-6-22(19)32)28-26(29-25(23)33)31-15-13-30(14-16-31)20-7-9-21(34)10-8-20/h3-10,17-18,34H,11-16H2,1-2H3. The van der Waals surface area contributed by atoms with Gasteiger partial charge in [0.25, 0.3) is 0 Å². The van der Waals surface area contributed by atoms with Crippen LogP contribution in [0.2, 0.25) is 0 Å². The van der Waals surface area contributed by atoms with Crippen molar-refractivity contribution in [2.45, 2.75) is 26.3 Å². The Kier molecular flexibility index (Phi) is 5.01. The molecule has 1 saturated heterocycles. The maximum absolute atomic E-state index is 9.60. The fraction of sp³-hybridized carbons (Fsp3) is 0.346. The number of nitrogens with zero attached hydrogens (tertiary/aromatic N) is 7. The number of phenols is 1. The van der Waals surface area contributed by atoms with Crippen LogP contribution < -0.4 is 14.7 Å². The van der Waals surface area contributed by atoms with E-state index in [1.54, 1.807) is 12.1 Å². The number of benzene rings is 2. The normalized spacial score (nSPS) is 16.0. The molecule has 2 aliphatic heterocycles. The van der Waals surface area contributed by atoms with Crippen molar-refractivity contribution in [2.75, 3.05) is 47.4 Å². The smallest absolute Gasteiger partial charge is 0.229 e. The van der Waals surface area contributed by atoms with Gasteiger partial charge in [-0.1, -0.05) is 18.2 Å². The summed E-state index contributed by atoms with van der Waals surface area (Å²) in [4.78, 5) is 21.8. The summed E-state index contributed by atoms with van der Waals surface area (Å²) in [5, 5.41) is 9.60. The van der Waals surface area contributed by atoms with Crippen LogP contribution in [0.3, 0.4) is 0 Å². The molecule has 0 atom stereocenters.